The zero-order valence-electron chi connectivity index (χ0n) is 12.4. The highest BCUT2D eigenvalue weighted by molar-refractivity contribution is 5.90. The summed E-state index contributed by atoms with van der Waals surface area (Å²) in [5.41, 5.74) is 0.740. The van der Waals surface area contributed by atoms with Crippen LogP contribution in [-0.2, 0) is 11.4 Å². The highest BCUT2D eigenvalue weighted by atomic mass is 19.1. The van der Waals surface area contributed by atoms with Gasteiger partial charge in [-0.1, -0.05) is 30.3 Å². The average molecular weight is 304 g/mol. The lowest BCUT2D eigenvalue weighted by atomic mass is 10.2. The molecule has 0 saturated carbocycles. The van der Waals surface area contributed by atoms with Crippen molar-refractivity contribution in [2.75, 3.05) is 0 Å². The Labute approximate surface area is 128 Å². The van der Waals surface area contributed by atoms with Crippen LogP contribution in [0.1, 0.15) is 29.8 Å². The van der Waals surface area contributed by atoms with Gasteiger partial charge in [0.2, 0.25) is 0 Å². The smallest absolute Gasteiger partial charge is 0.339 e. The number of Topliss-reactive ketones (excluding diaryl/α,β-unsaturated/α-hetero) is 1. The number of hydrogen-bond acceptors (Lipinski definition) is 3. The van der Waals surface area contributed by atoms with Crippen molar-refractivity contribution < 1.29 is 23.8 Å². The molecule has 0 atom stereocenters. The van der Waals surface area contributed by atoms with Gasteiger partial charge >= 0.3 is 5.97 Å². The first kappa shape index (κ1) is 17.4. The third-order valence-corrected chi connectivity index (χ3v) is 2.41. The fourth-order valence-corrected chi connectivity index (χ4v) is 1.53. The third kappa shape index (κ3) is 6.17. The first-order valence-corrected chi connectivity index (χ1v) is 6.57. The van der Waals surface area contributed by atoms with E-state index in [9.17, 15) is 14.0 Å². The molecule has 0 radical (unpaired) electrons. The van der Waals surface area contributed by atoms with Crippen molar-refractivity contribution >= 4 is 11.8 Å². The van der Waals surface area contributed by atoms with Crippen molar-refractivity contribution in [3.05, 3.63) is 65.5 Å². The molecule has 0 spiro atoms. The van der Waals surface area contributed by atoms with E-state index < -0.39 is 11.8 Å². The van der Waals surface area contributed by atoms with Crippen LogP contribution in [0, 0.1) is 5.82 Å². The predicted octanol–water partition coefficient (Wildman–Crippen LogP) is 3.70. The SMILES string of the molecule is CC(C)=O.O=C(O)c1cc(F)ccc1OCc1ccccc1. The maximum absolute atomic E-state index is 13.0. The normalized spacial score (nSPS) is 9.41. The molecular formula is C17H17FO4. The molecule has 0 saturated heterocycles. The Morgan fingerprint density at radius 1 is 1.09 bits per heavy atom. The van der Waals surface area contributed by atoms with Crippen LogP contribution in [0.5, 0.6) is 5.75 Å². The first-order chi connectivity index (χ1) is 10.4. The van der Waals surface area contributed by atoms with Gasteiger partial charge in [-0.3, -0.25) is 0 Å². The standard InChI is InChI=1S/C14H11FO3.C3H6O/c15-11-6-7-13(12(8-11)14(16)17)18-9-10-4-2-1-3-5-10;1-3(2)4/h1-8H,9H2,(H,16,17);1-2H3. The molecule has 5 heteroatoms. The number of ketones is 1. The summed E-state index contributed by atoms with van der Waals surface area (Å²) in [6, 6.07) is 12.8. The number of carbonyl (C=O) groups is 2. The fourth-order valence-electron chi connectivity index (χ4n) is 1.53. The molecule has 0 aliphatic heterocycles. The van der Waals surface area contributed by atoms with E-state index >= 15 is 0 Å². The second kappa shape index (κ2) is 8.56. The molecule has 0 fully saturated rings. The van der Waals surface area contributed by atoms with E-state index in [1.807, 2.05) is 30.3 Å². The molecule has 0 aliphatic carbocycles. The summed E-state index contributed by atoms with van der Waals surface area (Å²) in [7, 11) is 0. The maximum Gasteiger partial charge on any atom is 0.339 e. The quantitative estimate of drug-likeness (QED) is 0.935. The van der Waals surface area contributed by atoms with Gasteiger partial charge in [0, 0.05) is 0 Å². The van der Waals surface area contributed by atoms with Gasteiger partial charge in [-0.2, -0.15) is 0 Å². The van der Waals surface area contributed by atoms with E-state index in [1.54, 1.807) is 0 Å². The molecule has 0 heterocycles. The Bertz CT molecular complexity index is 634. The van der Waals surface area contributed by atoms with Gasteiger partial charge in [-0.05, 0) is 37.6 Å². The van der Waals surface area contributed by atoms with Gasteiger partial charge in [0.1, 0.15) is 29.5 Å². The van der Waals surface area contributed by atoms with Crippen LogP contribution in [0.15, 0.2) is 48.5 Å². The molecule has 1 N–H and O–H groups in total. The predicted molar refractivity (Wildman–Crippen MR) is 80.5 cm³/mol. The minimum absolute atomic E-state index is 0.160. The topological polar surface area (TPSA) is 63.6 Å². The molecule has 0 unspecified atom stereocenters. The first-order valence-electron chi connectivity index (χ1n) is 6.57. The van der Waals surface area contributed by atoms with Crippen LogP contribution in [-0.4, -0.2) is 16.9 Å². The zero-order chi connectivity index (χ0) is 16.5. The highest BCUT2D eigenvalue weighted by Gasteiger charge is 2.12. The fraction of sp³-hybridized carbons (Fsp3) is 0.176. The Morgan fingerprint density at radius 3 is 2.23 bits per heavy atom. The van der Waals surface area contributed by atoms with Crippen LogP contribution in [0.3, 0.4) is 0 Å². The van der Waals surface area contributed by atoms with Gasteiger partial charge in [-0.15, -0.1) is 0 Å². The van der Waals surface area contributed by atoms with E-state index in [0.717, 1.165) is 11.6 Å². The van der Waals surface area contributed by atoms with Crippen molar-refractivity contribution in [1.29, 1.82) is 0 Å². The van der Waals surface area contributed by atoms with Crippen molar-refractivity contribution in [1.82, 2.24) is 0 Å². The van der Waals surface area contributed by atoms with Gasteiger partial charge in [0.25, 0.3) is 0 Å². The lowest BCUT2D eigenvalue weighted by molar-refractivity contribution is -0.115. The lowest BCUT2D eigenvalue weighted by Crippen LogP contribution is -2.04. The van der Waals surface area contributed by atoms with Crippen LogP contribution in [0.4, 0.5) is 4.39 Å². The Kier molecular flexibility index (Phi) is 6.76. The molecule has 2 rings (SSSR count). The molecule has 116 valence electrons. The lowest BCUT2D eigenvalue weighted by Gasteiger charge is -2.09. The number of ether oxygens (including phenoxy) is 1. The summed E-state index contributed by atoms with van der Waals surface area (Å²) >= 11 is 0. The molecule has 0 aromatic heterocycles. The molecular weight excluding hydrogens is 287 g/mol. The summed E-state index contributed by atoms with van der Waals surface area (Å²) < 4.78 is 18.3. The van der Waals surface area contributed by atoms with Gasteiger partial charge in [-0.25, -0.2) is 9.18 Å². The molecule has 0 amide bonds. The molecule has 2 aromatic rings. The number of halogens is 1. The molecule has 4 nitrogen and oxygen atoms in total. The largest absolute Gasteiger partial charge is 0.488 e. The van der Waals surface area contributed by atoms with E-state index in [1.165, 1.54) is 26.0 Å². The minimum atomic E-state index is -1.21. The maximum atomic E-state index is 13.0. The zero-order valence-corrected chi connectivity index (χ0v) is 12.4. The summed E-state index contributed by atoms with van der Waals surface area (Å²) in [4.78, 5) is 20.4. The number of aromatic carboxylic acids is 1. The second-order valence-corrected chi connectivity index (χ2v) is 4.63. The van der Waals surface area contributed by atoms with Gasteiger partial charge in [0.15, 0.2) is 0 Å². The Hall–Kier alpha value is -2.69. The van der Waals surface area contributed by atoms with E-state index in [-0.39, 0.29) is 23.7 Å². The summed E-state index contributed by atoms with van der Waals surface area (Å²) in [6.45, 7) is 3.30. The number of hydrogen-bond donors (Lipinski definition) is 1. The average Bonchev–Trinajstić information content (AvgIpc) is 2.46. The van der Waals surface area contributed by atoms with Crippen LogP contribution < -0.4 is 4.74 Å². The van der Waals surface area contributed by atoms with Crippen molar-refractivity contribution in [2.24, 2.45) is 0 Å². The van der Waals surface area contributed by atoms with Crippen molar-refractivity contribution in [3.63, 3.8) is 0 Å². The van der Waals surface area contributed by atoms with Crippen LogP contribution in [0.2, 0.25) is 0 Å². The van der Waals surface area contributed by atoms with Gasteiger partial charge < -0.3 is 14.6 Å². The van der Waals surface area contributed by atoms with E-state index in [2.05, 4.69) is 0 Å². The van der Waals surface area contributed by atoms with Crippen LogP contribution in [0.25, 0.3) is 0 Å². The number of benzene rings is 2. The summed E-state index contributed by atoms with van der Waals surface area (Å²) in [5, 5.41) is 8.94. The molecule has 2 aromatic carbocycles. The highest BCUT2D eigenvalue weighted by Crippen LogP contribution is 2.20. The monoisotopic (exact) mass is 304 g/mol. The summed E-state index contributed by atoms with van der Waals surface area (Å²) in [6.07, 6.45) is 0. The second-order valence-electron chi connectivity index (χ2n) is 4.63. The Morgan fingerprint density at radius 2 is 1.68 bits per heavy atom. The van der Waals surface area contributed by atoms with Crippen molar-refractivity contribution in [2.45, 2.75) is 20.5 Å². The van der Waals surface area contributed by atoms with Gasteiger partial charge in [0.05, 0.1) is 0 Å². The number of carboxylic acids is 1. The van der Waals surface area contributed by atoms with E-state index in [0.29, 0.717) is 0 Å². The number of carbonyl (C=O) groups excluding carboxylic acids is 1. The number of carboxylic acid groups (broad SMARTS) is 1. The summed E-state index contributed by atoms with van der Waals surface area (Å²) in [5.74, 6) is -1.48. The molecule has 0 bridgehead atoms. The molecule has 0 aliphatic rings. The third-order valence-electron chi connectivity index (χ3n) is 2.41. The van der Waals surface area contributed by atoms with Crippen molar-refractivity contribution in [3.8, 4) is 5.75 Å². The van der Waals surface area contributed by atoms with Crippen LogP contribution >= 0.6 is 0 Å². The number of rotatable bonds is 4. The molecule has 22 heavy (non-hydrogen) atoms. The minimum Gasteiger partial charge on any atom is -0.488 e. The Balaban J connectivity index is 0.000000541. The van der Waals surface area contributed by atoms with E-state index in [4.69, 9.17) is 9.84 Å².